The smallest absolute Gasteiger partial charge is 0.220 e. The van der Waals surface area contributed by atoms with Crippen LogP contribution in [0.3, 0.4) is 0 Å². The molecule has 0 aromatic rings. The summed E-state index contributed by atoms with van der Waals surface area (Å²) in [6, 6.07) is 0.357. The molecule has 1 amide bonds. The quantitative estimate of drug-likeness (QED) is 0.685. The molecule has 0 aliphatic carbocycles. The number of rotatable bonds is 5. The highest BCUT2D eigenvalue weighted by molar-refractivity contribution is 5.76. The van der Waals surface area contributed by atoms with E-state index in [-0.39, 0.29) is 5.91 Å². The molecular formula is C11H23N3O. The van der Waals surface area contributed by atoms with Crippen LogP contribution in [0.2, 0.25) is 0 Å². The Balaban J connectivity index is 2.13. The van der Waals surface area contributed by atoms with E-state index in [2.05, 4.69) is 24.2 Å². The summed E-state index contributed by atoms with van der Waals surface area (Å²) < 4.78 is 0. The standard InChI is InChI=1S/C11H23N3O/c1-9(7-12)3-4-11(15)13-10-5-6-14(2)8-10/h9-10H,3-8,12H2,1-2H3,(H,13,15). The molecule has 1 saturated heterocycles. The summed E-state index contributed by atoms with van der Waals surface area (Å²) in [5.41, 5.74) is 5.50. The van der Waals surface area contributed by atoms with E-state index in [1.54, 1.807) is 0 Å². The minimum atomic E-state index is 0.176. The monoisotopic (exact) mass is 213 g/mol. The summed E-state index contributed by atoms with van der Waals surface area (Å²) in [4.78, 5) is 13.8. The van der Waals surface area contributed by atoms with E-state index < -0.39 is 0 Å². The molecule has 15 heavy (non-hydrogen) atoms. The largest absolute Gasteiger partial charge is 0.352 e. The van der Waals surface area contributed by atoms with Crippen LogP contribution in [0.4, 0.5) is 0 Å². The Bertz CT molecular complexity index is 208. The topological polar surface area (TPSA) is 58.4 Å². The van der Waals surface area contributed by atoms with Crippen molar-refractivity contribution in [2.75, 3.05) is 26.7 Å². The van der Waals surface area contributed by atoms with Gasteiger partial charge in [-0.3, -0.25) is 4.79 Å². The molecule has 0 aromatic heterocycles. The number of nitrogens with two attached hydrogens (primary N) is 1. The van der Waals surface area contributed by atoms with Gasteiger partial charge in [0.2, 0.25) is 5.91 Å². The maximum atomic E-state index is 11.6. The number of likely N-dealkylation sites (N-methyl/N-ethyl adjacent to an activating group) is 1. The van der Waals surface area contributed by atoms with Gasteiger partial charge in [0.25, 0.3) is 0 Å². The van der Waals surface area contributed by atoms with Crippen molar-refractivity contribution < 1.29 is 4.79 Å². The zero-order chi connectivity index (χ0) is 11.3. The molecule has 88 valence electrons. The first-order chi connectivity index (χ1) is 7.11. The van der Waals surface area contributed by atoms with Crippen LogP contribution in [0.15, 0.2) is 0 Å². The van der Waals surface area contributed by atoms with Crippen molar-refractivity contribution in [1.82, 2.24) is 10.2 Å². The average Bonchev–Trinajstić information content (AvgIpc) is 2.60. The minimum absolute atomic E-state index is 0.176. The molecule has 4 nitrogen and oxygen atoms in total. The summed E-state index contributed by atoms with van der Waals surface area (Å²) >= 11 is 0. The first-order valence-corrected chi connectivity index (χ1v) is 5.79. The van der Waals surface area contributed by atoms with Crippen LogP contribution in [0.5, 0.6) is 0 Å². The Morgan fingerprint density at radius 1 is 1.67 bits per heavy atom. The van der Waals surface area contributed by atoms with Gasteiger partial charge < -0.3 is 16.0 Å². The third kappa shape index (κ3) is 4.62. The lowest BCUT2D eigenvalue weighted by Crippen LogP contribution is -2.36. The lowest BCUT2D eigenvalue weighted by Gasteiger charge is -2.13. The van der Waals surface area contributed by atoms with Gasteiger partial charge in [-0.15, -0.1) is 0 Å². The molecule has 3 N–H and O–H groups in total. The molecule has 2 unspecified atom stereocenters. The van der Waals surface area contributed by atoms with E-state index in [1.807, 2.05) is 0 Å². The van der Waals surface area contributed by atoms with Gasteiger partial charge in [0, 0.05) is 19.0 Å². The SMILES string of the molecule is CC(CN)CCC(=O)NC1CCN(C)C1. The molecule has 1 rings (SSSR count). The highest BCUT2D eigenvalue weighted by Gasteiger charge is 2.20. The van der Waals surface area contributed by atoms with E-state index >= 15 is 0 Å². The van der Waals surface area contributed by atoms with Gasteiger partial charge in [0.15, 0.2) is 0 Å². The van der Waals surface area contributed by atoms with Gasteiger partial charge in [-0.05, 0) is 38.9 Å². The van der Waals surface area contributed by atoms with Crippen LogP contribution in [0.25, 0.3) is 0 Å². The highest BCUT2D eigenvalue weighted by atomic mass is 16.1. The summed E-state index contributed by atoms with van der Waals surface area (Å²) in [5, 5.41) is 3.07. The van der Waals surface area contributed by atoms with E-state index in [1.165, 1.54) is 0 Å². The average molecular weight is 213 g/mol. The van der Waals surface area contributed by atoms with Crippen molar-refractivity contribution in [3.8, 4) is 0 Å². The highest BCUT2D eigenvalue weighted by Crippen LogP contribution is 2.08. The van der Waals surface area contributed by atoms with Crippen LogP contribution < -0.4 is 11.1 Å². The lowest BCUT2D eigenvalue weighted by molar-refractivity contribution is -0.122. The third-order valence-corrected chi connectivity index (χ3v) is 3.02. The van der Waals surface area contributed by atoms with Gasteiger partial charge in [-0.2, -0.15) is 0 Å². The number of hydrogen-bond donors (Lipinski definition) is 2. The molecule has 1 heterocycles. The minimum Gasteiger partial charge on any atom is -0.352 e. The maximum Gasteiger partial charge on any atom is 0.220 e. The number of hydrogen-bond acceptors (Lipinski definition) is 3. The number of nitrogens with one attached hydrogen (secondary N) is 1. The Morgan fingerprint density at radius 2 is 2.40 bits per heavy atom. The predicted molar refractivity (Wildman–Crippen MR) is 61.5 cm³/mol. The molecule has 1 fully saturated rings. The molecule has 0 bridgehead atoms. The number of nitrogens with zero attached hydrogens (tertiary/aromatic N) is 1. The summed E-state index contributed by atoms with van der Waals surface area (Å²) in [7, 11) is 2.09. The number of likely N-dealkylation sites (tertiary alicyclic amines) is 1. The van der Waals surface area contributed by atoms with Gasteiger partial charge in [-0.1, -0.05) is 6.92 Å². The molecule has 1 aliphatic rings. The lowest BCUT2D eigenvalue weighted by atomic mass is 10.1. The molecule has 0 aromatic carbocycles. The fourth-order valence-corrected chi connectivity index (χ4v) is 1.85. The summed E-state index contributed by atoms with van der Waals surface area (Å²) in [6.45, 7) is 4.82. The van der Waals surface area contributed by atoms with Crippen LogP contribution in [-0.2, 0) is 4.79 Å². The fraction of sp³-hybridized carbons (Fsp3) is 0.909. The second kappa shape index (κ2) is 6.08. The summed E-state index contributed by atoms with van der Waals surface area (Å²) in [6.07, 6.45) is 2.58. The molecule has 2 atom stereocenters. The van der Waals surface area contributed by atoms with Crippen molar-refractivity contribution in [2.24, 2.45) is 11.7 Å². The van der Waals surface area contributed by atoms with Crippen LogP contribution in [0, 0.1) is 5.92 Å². The molecule has 0 saturated carbocycles. The van der Waals surface area contributed by atoms with E-state index in [0.29, 0.717) is 24.9 Å². The second-order valence-corrected chi connectivity index (χ2v) is 4.69. The zero-order valence-corrected chi connectivity index (χ0v) is 9.83. The fourth-order valence-electron chi connectivity index (χ4n) is 1.85. The van der Waals surface area contributed by atoms with Gasteiger partial charge in [0.1, 0.15) is 0 Å². The van der Waals surface area contributed by atoms with Crippen molar-refractivity contribution in [1.29, 1.82) is 0 Å². The third-order valence-electron chi connectivity index (χ3n) is 3.02. The van der Waals surface area contributed by atoms with Crippen LogP contribution >= 0.6 is 0 Å². The normalized spacial score (nSPS) is 24.1. The Hall–Kier alpha value is -0.610. The first kappa shape index (κ1) is 12.5. The van der Waals surface area contributed by atoms with E-state index in [9.17, 15) is 4.79 Å². The first-order valence-electron chi connectivity index (χ1n) is 5.79. The van der Waals surface area contributed by atoms with Gasteiger partial charge in [0.05, 0.1) is 0 Å². The van der Waals surface area contributed by atoms with Crippen LogP contribution in [-0.4, -0.2) is 43.5 Å². The number of amides is 1. The van der Waals surface area contributed by atoms with E-state index in [0.717, 1.165) is 25.9 Å². The predicted octanol–water partition coefficient (Wildman–Crippen LogP) is 0.182. The zero-order valence-electron chi connectivity index (χ0n) is 9.83. The molecule has 1 aliphatic heterocycles. The van der Waals surface area contributed by atoms with Gasteiger partial charge >= 0.3 is 0 Å². The van der Waals surface area contributed by atoms with Gasteiger partial charge in [-0.25, -0.2) is 0 Å². The van der Waals surface area contributed by atoms with E-state index in [4.69, 9.17) is 5.73 Å². The van der Waals surface area contributed by atoms with Crippen molar-refractivity contribution in [3.05, 3.63) is 0 Å². The van der Waals surface area contributed by atoms with Crippen molar-refractivity contribution in [3.63, 3.8) is 0 Å². The molecule has 0 radical (unpaired) electrons. The van der Waals surface area contributed by atoms with Crippen LogP contribution in [0.1, 0.15) is 26.2 Å². The number of carbonyl (C=O) groups excluding carboxylic acids is 1. The maximum absolute atomic E-state index is 11.6. The number of carbonyl (C=O) groups is 1. The molecule has 4 heteroatoms. The Morgan fingerprint density at radius 3 is 2.93 bits per heavy atom. The summed E-state index contributed by atoms with van der Waals surface area (Å²) in [5.74, 6) is 0.623. The Labute approximate surface area is 92.2 Å². The molecule has 0 spiro atoms. The molecular weight excluding hydrogens is 190 g/mol. The van der Waals surface area contributed by atoms with Crippen molar-refractivity contribution in [2.45, 2.75) is 32.2 Å². The second-order valence-electron chi connectivity index (χ2n) is 4.69. The van der Waals surface area contributed by atoms with Crippen molar-refractivity contribution >= 4 is 5.91 Å². The Kier molecular flexibility index (Phi) is 5.05.